The summed E-state index contributed by atoms with van der Waals surface area (Å²) >= 11 is 0. The molecular formula is C19H19N3O2. The van der Waals surface area contributed by atoms with Crippen molar-refractivity contribution in [3.8, 4) is 11.1 Å². The average molecular weight is 321 g/mol. The van der Waals surface area contributed by atoms with E-state index in [1.54, 1.807) is 12.5 Å². The molecule has 0 aliphatic carbocycles. The molecule has 5 nitrogen and oxygen atoms in total. The van der Waals surface area contributed by atoms with Crippen LogP contribution in [-0.4, -0.2) is 17.6 Å². The summed E-state index contributed by atoms with van der Waals surface area (Å²) in [7, 11) is 0. The number of carbonyl (C=O) groups excluding carboxylic acids is 1. The smallest absolute Gasteiger partial charge is 0.319 e. The molecule has 0 bridgehead atoms. The van der Waals surface area contributed by atoms with Crippen molar-refractivity contribution < 1.29 is 9.21 Å². The molecule has 24 heavy (non-hydrogen) atoms. The molecule has 0 fully saturated rings. The van der Waals surface area contributed by atoms with Crippen molar-refractivity contribution >= 4 is 11.7 Å². The molecule has 0 unspecified atom stereocenters. The molecule has 0 aliphatic rings. The Balaban J connectivity index is 1.53. The molecule has 0 atom stereocenters. The normalized spacial score (nSPS) is 10.4. The number of anilines is 1. The predicted octanol–water partition coefficient (Wildman–Crippen LogP) is 4.01. The number of rotatable bonds is 5. The summed E-state index contributed by atoms with van der Waals surface area (Å²) in [5.41, 5.74) is 3.92. The monoisotopic (exact) mass is 321 g/mol. The van der Waals surface area contributed by atoms with Crippen LogP contribution in [0.5, 0.6) is 0 Å². The van der Waals surface area contributed by atoms with E-state index >= 15 is 0 Å². The minimum atomic E-state index is -0.228. The molecule has 0 saturated heterocycles. The molecule has 2 amide bonds. The molecule has 0 saturated carbocycles. The first-order valence-electron chi connectivity index (χ1n) is 7.81. The van der Waals surface area contributed by atoms with Crippen molar-refractivity contribution in [1.82, 2.24) is 10.3 Å². The Morgan fingerprint density at radius 3 is 2.67 bits per heavy atom. The Kier molecular flexibility index (Phi) is 4.91. The second-order valence-corrected chi connectivity index (χ2v) is 5.47. The van der Waals surface area contributed by atoms with Gasteiger partial charge in [-0.3, -0.25) is 4.98 Å². The van der Waals surface area contributed by atoms with Gasteiger partial charge in [0.05, 0.1) is 6.26 Å². The summed E-state index contributed by atoms with van der Waals surface area (Å²) in [5.74, 6) is 0.854. The number of pyridine rings is 1. The number of benzene rings is 1. The third kappa shape index (κ3) is 4.23. The van der Waals surface area contributed by atoms with Crippen LogP contribution in [0, 0.1) is 6.92 Å². The SMILES string of the molecule is Cc1cc(-c2ccc(NC(=O)NCCc3ccco3)cc2)ccn1. The van der Waals surface area contributed by atoms with Gasteiger partial charge in [-0.1, -0.05) is 12.1 Å². The van der Waals surface area contributed by atoms with E-state index in [1.807, 2.05) is 55.5 Å². The van der Waals surface area contributed by atoms with Gasteiger partial charge in [0.1, 0.15) is 5.76 Å². The van der Waals surface area contributed by atoms with Crippen molar-refractivity contribution in [2.75, 3.05) is 11.9 Å². The maximum absolute atomic E-state index is 11.9. The highest BCUT2D eigenvalue weighted by Crippen LogP contribution is 2.21. The summed E-state index contributed by atoms with van der Waals surface area (Å²) in [6, 6.07) is 15.2. The Morgan fingerprint density at radius 2 is 1.96 bits per heavy atom. The van der Waals surface area contributed by atoms with Crippen molar-refractivity contribution in [3.05, 3.63) is 72.4 Å². The van der Waals surface area contributed by atoms with Gasteiger partial charge in [0.15, 0.2) is 0 Å². The standard InChI is InChI=1S/C19H19N3O2/c1-14-13-16(8-10-20-14)15-4-6-17(7-5-15)22-19(23)21-11-9-18-3-2-12-24-18/h2-8,10,12-13H,9,11H2,1H3,(H2,21,22,23). The molecule has 2 aromatic heterocycles. The number of urea groups is 1. The fourth-order valence-electron chi connectivity index (χ4n) is 2.40. The quantitative estimate of drug-likeness (QED) is 0.746. The highest BCUT2D eigenvalue weighted by Gasteiger charge is 2.03. The number of hydrogen-bond acceptors (Lipinski definition) is 3. The summed E-state index contributed by atoms with van der Waals surface area (Å²) in [6.45, 7) is 2.49. The van der Waals surface area contributed by atoms with Crippen LogP contribution in [0.3, 0.4) is 0 Å². The zero-order chi connectivity index (χ0) is 16.8. The second-order valence-electron chi connectivity index (χ2n) is 5.47. The number of amides is 2. The number of aromatic nitrogens is 1. The predicted molar refractivity (Wildman–Crippen MR) is 93.8 cm³/mol. The third-order valence-corrected chi connectivity index (χ3v) is 3.61. The number of nitrogens with zero attached hydrogens (tertiary/aromatic N) is 1. The minimum Gasteiger partial charge on any atom is -0.469 e. The average Bonchev–Trinajstić information content (AvgIpc) is 3.09. The molecule has 0 aliphatic heterocycles. The van der Waals surface area contributed by atoms with E-state index in [9.17, 15) is 4.79 Å². The van der Waals surface area contributed by atoms with Gasteiger partial charge in [-0.05, 0) is 54.4 Å². The maximum Gasteiger partial charge on any atom is 0.319 e. The van der Waals surface area contributed by atoms with Gasteiger partial charge < -0.3 is 15.1 Å². The molecule has 2 heterocycles. The van der Waals surface area contributed by atoms with E-state index in [-0.39, 0.29) is 6.03 Å². The van der Waals surface area contributed by atoms with E-state index in [2.05, 4.69) is 15.6 Å². The lowest BCUT2D eigenvalue weighted by molar-refractivity contribution is 0.252. The molecule has 5 heteroatoms. The first kappa shape index (κ1) is 15.8. The summed E-state index contributed by atoms with van der Waals surface area (Å²) < 4.78 is 5.22. The fourth-order valence-corrected chi connectivity index (χ4v) is 2.40. The van der Waals surface area contributed by atoms with E-state index in [0.717, 1.165) is 28.3 Å². The fraction of sp³-hybridized carbons (Fsp3) is 0.158. The zero-order valence-electron chi connectivity index (χ0n) is 13.5. The van der Waals surface area contributed by atoms with Crippen molar-refractivity contribution in [1.29, 1.82) is 0 Å². The molecule has 122 valence electrons. The molecule has 1 aromatic carbocycles. The topological polar surface area (TPSA) is 67.2 Å². The number of hydrogen-bond donors (Lipinski definition) is 2. The Labute approximate surface area is 140 Å². The lowest BCUT2D eigenvalue weighted by atomic mass is 10.1. The largest absolute Gasteiger partial charge is 0.469 e. The van der Waals surface area contributed by atoms with Gasteiger partial charge in [-0.2, -0.15) is 0 Å². The lowest BCUT2D eigenvalue weighted by Crippen LogP contribution is -2.30. The molecule has 2 N–H and O–H groups in total. The van der Waals surface area contributed by atoms with E-state index in [0.29, 0.717) is 13.0 Å². The van der Waals surface area contributed by atoms with Gasteiger partial charge in [-0.15, -0.1) is 0 Å². The highest BCUT2D eigenvalue weighted by molar-refractivity contribution is 5.89. The van der Waals surface area contributed by atoms with Crippen LogP contribution in [0.2, 0.25) is 0 Å². The maximum atomic E-state index is 11.9. The van der Waals surface area contributed by atoms with Gasteiger partial charge >= 0.3 is 6.03 Å². The number of furan rings is 1. The molecule has 3 aromatic rings. The van der Waals surface area contributed by atoms with Gasteiger partial charge in [-0.25, -0.2) is 4.79 Å². The first-order valence-corrected chi connectivity index (χ1v) is 7.81. The molecular weight excluding hydrogens is 302 g/mol. The van der Waals surface area contributed by atoms with Crippen LogP contribution in [0.1, 0.15) is 11.5 Å². The summed E-state index contributed by atoms with van der Waals surface area (Å²) in [4.78, 5) is 16.1. The van der Waals surface area contributed by atoms with E-state index in [4.69, 9.17) is 4.42 Å². The van der Waals surface area contributed by atoms with Gasteiger partial charge in [0.25, 0.3) is 0 Å². The molecule has 0 spiro atoms. The van der Waals surface area contributed by atoms with Crippen LogP contribution in [-0.2, 0) is 6.42 Å². The Bertz CT molecular complexity index is 796. The van der Waals surface area contributed by atoms with Crippen molar-refractivity contribution in [2.24, 2.45) is 0 Å². The van der Waals surface area contributed by atoms with Crippen LogP contribution < -0.4 is 10.6 Å². The minimum absolute atomic E-state index is 0.228. The van der Waals surface area contributed by atoms with E-state index in [1.165, 1.54) is 0 Å². The molecule has 3 rings (SSSR count). The van der Waals surface area contributed by atoms with Crippen molar-refractivity contribution in [3.63, 3.8) is 0 Å². The summed E-state index contributed by atoms with van der Waals surface area (Å²) in [6.07, 6.45) is 4.09. The molecule has 0 radical (unpaired) electrons. The van der Waals surface area contributed by atoms with Gasteiger partial charge in [0, 0.05) is 30.5 Å². The van der Waals surface area contributed by atoms with Gasteiger partial charge in [0.2, 0.25) is 0 Å². The number of aryl methyl sites for hydroxylation is 1. The zero-order valence-corrected chi connectivity index (χ0v) is 13.5. The van der Waals surface area contributed by atoms with Crippen LogP contribution in [0.25, 0.3) is 11.1 Å². The summed E-state index contributed by atoms with van der Waals surface area (Å²) in [5, 5.41) is 5.62. The van der Waals surface area contributed by atoms with Crippen LogP contribution in [0.15, 0.2) is 65.4 Å². The van der Waals surface area contributed by atoms with E-state index < -0.39 is 0 Å². The highest BCUT2D eigenvalue weighted by atomic mass is 16.3. The Hall–Kier alpha value is -3.08. The van der Waals surface area contributed by atoms with Crippen LogP contribution >= 0.6 is 0 Å². The first-order chi connectivity index (χ1) is 11.7. The Morgan fingerprint density at radius 1 is 1.12 bits per heavy atom. The second kappa shape index (κ2) is 7.46. The lowest BCUT2D eigenvalue weighted by Gasteiger charge is -2.08. The number of carbonyl (C=O) groups is 1. The van der Waals surface area contributed by atoms with Crippen LogP contribution in [0.4, 0.5) is 10.5 Å². The van der Waals surface area contributed by atoms with Crippen molar-refractivity contribution in [2.45, 2.75) is 13.3 Å². The third-order valence-electron chi connectivity index (χ3n) is 3.61. The number of nitrogens with one attached hydrogen (secondary N) is 2.